The molecule has 0 radical (unpaired) electrons. The van der Waals surface area contributed by atoms with Gasteiger partial charge in [0, 0.05) is 36.9 Å². The van der Waals surface area contributed by atoms with Crippen molar-refractivity contribution in [3.05, 3.63) is 29.3 Å². The van der Waals surface area contributed by atoms with Crippen LogP contribution in [0.4, 0.5) is 5.69 Å². The molecule has 24 heavy (non-hydrogen) atoms. The Hall–Kier alpha value is -1.31. The first-order chi connectivity index (χ1) is 11.4. The van der Waals surface area contributed by atoms with E-state index < -0.39 is 10.0 Å². The normalized spacial score (nSPS) is 18.7. The number of anilines is 1. The Morgan fingerprint density at radius 3 is 2.33 bits per heavy atom. The van der Waals surface area contributed by atoms with Crippen molar-refractivity contribution in [2.45, 2.75) is 12.8 Å². The first-order valence-corrected chi connectivity index (χ1v) is 10.2. The summed E-state index contributed by atoms with van der Waals surface area (Å²) in [6.07, 6.45) is 1.95. The molecule has 1 N–H and O–H groups in total. The van der Waals surface area contributed by atoms with E-state index in [1.54, 1.807) is 4.90 Å². The van der Waals surface area contributed by atoms with Crippen LogP contribution in [-0.4, -0.2) is 57.7 Å². The summed E-state index contributed by atoms with van der Waals surface area (Å²) in [5.41, 5.74) is 1.08. The number of rotatable bonds is 6. The van der Waals surface area contributed by atoms with Crippen LogP contribution in [0.25, 0.3) is 0 Å². The van der Waals surface area contributed by atoms with Crippen LogP contribution in [0.15, 0.2) is 24.3 Å². The minimum Gasteiger partial charge on any atom is -0.368 e. The molecule has 132 valence electrons. The molecule has 1 aliphatic carbocycles. The molecule has 1 aliphatic heterocycles. The molecule has 0 aromatic heterocycles. The van der Waals surface area contributed by atoms with Gasteiger partial charge >= 0.3 is 0 Å². The topological polar surface area (TPSA) is 69.7 Å². The van der Waals surface area contributed by atoms with E-state index in [1.807, 2.05) is 24.3 Å². The molecule has 1 saturated heterocycles. The van der Waals surface area contributed by atoms with Crippen LogP contribution in [0.2, 0.25) is 5.02 Å². The van der Waals surface area contributed by atoms with Gasteiger partial charge in [0.25, 0.3) is 0 Å². The van der Waals surface area contributed by atoms with Crippen molar-refractivity contribution in [2.75, 3.05) is 43.4 Å². The molecule has 1 heterocycles. The summed E-state index contributed by atoms with van der Waals surface area (Å²) in [6, 6.07) is 7.63. The number of amides is 1. The molecule has 0 unspecified atom stereocenters. The number of hydrogen-bond donors (Lipinski definition) is 1. The van der Waals surface area contributed by atoms with Gasteiger partial charge in [-0.1, -0.05) is 11.6 Å². The third-order valence-electron chi connectivity index (χ3n) is 4.42. The molecular formula is C16H22ClN3O3S. The number of carbonyl (C=O) groups is 1. The van der Waals surface area contributed by atoms with Gasteiger partial charge in [0.05, 0.1) is 12.3 Å². The predicted molar refractivity (Wildman–Crippen MR) is 94.8 cm³/mol. The van der Waals surface area contributed by atoms with Crippen LogP contribution in [0.3, 0.4) is 0 Å². The lowest BCUT2D eigenvalue weighted by Gasteiger charge is -2.36. The second-order valence-corrected chi connectivity index (χ2v) is 8.68. The fourth-order valence-electron chi connectivity index (χ4n) is 2.80. The number of carbonyl (C=O) groups excluding carboxylic acids is 1. The highest BCUT2D eigenvalue weighted by Gasteiger charge is 2.29. The average Bonchev–Trinajstić information content (AvgIpc) is 3.37. The van der Waals surface area contributed by atoms with Crippen molar-refractivity contribution < 1.29 is 13.2 Å². The fraction of sp³-hybridized carbons (Fsp3) is 0.562. The van der Waals surface area contributed by atoms with Gasteiger partial charge in [-0.2, -0.15) is 0 Å². The number of halogens is 1. The van der Waals surface area contributed by atoms with E-state index in [1.165, 1.54) is 0 Å². The first-order valence-electron chi connectivity index (χ1n) is 8.18. The van der Waals surface area contributed by atoms with Crippen molar-refractivity contribution in [1.82, 2.24) is 9.62 Å². The second kappa shape index (κ2) is 7.29. The standard InChI is InChI=1S/C16H22ClN3O3S/c17-14-3-5-15(6-4-14)19-7-9-20(10-8-19)16(21)11-18-24(22,23)12-13-1-2-13/h3-6,13,18H,1-2,7-12H2. The van der Waals surface area contributed by atoms with Gasteiger partial charge in [-0.25, -0.2) is 13.1 Å². The zero-order chi connectivity index (χ0) is 17.2. The molecular weight excluding hydrogens is 350 g/mol. The number of nitrogens with one attached hydrogen (secondary N) is 1. The van der Waals surface area contributed by atoms with Crippen LogP contribution in [0, 0.1) is 5.92 Å². The fourth-order valence-corrected chi connectivity index (χ4v) is 4.34. The Labute approximate surface area is 147 Å². The molecule has 3 rings (SSSR count). The van der Waals surface area contributed by atoms with Crippen molar-refractivity contribution >= 4 is 33.2 Å². The number of hydrogen-bond acceptors (Lipinski definition) is 4. The summed E-state index contributed by atoms with van der Waals surface area (Å²) in [4.78, 5) is 16.1. The van der Waals surface area contributed by atoms with Crippen LogP contribution in [-0.2, 0) is 14.8 Å². The smallest absolute Gasteiger partial charge is 0.237 e. The molecule has 6 nitrogen and oxygen atoms in total. The van der Waals surface area contributed by atoms with Crippen molar-refractivity contribution in [2.24, 2.45) is 5.92 Å². The van der Waals surface area contributed by atoms with Gasteiger partial charge < -0.3 is 9.80 Å². The third-order valence-corrected chi connectivity index (χ3v) is 6.17. The number of piperazine rings is 1. The maximum Gasteiger partial charge on any atom is 0.237 e. The zero-order valence-corrected chi connectivity index (χ0v) is 15.0. The Bertz CT molecular complexity index is 681. The molecule has 0 atom stereocenters. The SMILES string of the molecule is O=C(CNS(=O)(=O)CC1CC1)N1CCN(c2ccc(Cl)cc2)CC1. The Kier molecular flexibility index (Phi) is 5.32. The molecule has 1 saturated carbocycles. The highest BCUT2D eigenvalue weighted by atomic mass is 35.5. The lowest BCUT2D eigenvalue weighted by Crippen LogP contribution is -2.51. The number of nitrogens with zero attached hydrogens (tertiary/aromatic N) is 2. The highest BCUT2D eigenvalue weighted by Crippen LogP contribution is 2.29. The highest BCUT2D eigenvalue weighted by molar-refractivity contribution is 7.89. The van der Waals surface area contributed by atoms with Gasteiger partial charge in [-0.15, -0.1) is 0 Å². The lowest BCUT2D eigenvalue weighted by atomic mass is 10.2. The van der Waals surface area contributed by atoms with Crippen LogP contribution < -0.4 is 9.62 Å². The molecule has 0 bridgehead atoms. The minimum absolute atomic E-state index is 0.143. The van der Waals surface area contributed by atoms with Gasteiger partial charge in [0.15, 0.2) is 0 Å². The minimum atomic E-state index is -3.33. The summed E-state index contributed by atoms with van der Waals surface area (Å²) in [5, 5.41) is 0.700. The quantitative estimate of drug-likeness (QED) is 0.818. The average molecular weight is 372 g/mol. The second-order valence-electron chi connectivity index (χ2n) is 6.39. The van der Waals surface area contributed by atoms with E-state index in [0.717, 1.165) is 31.6 Å². The molecule has 1 aromatic carbocycles. The molecule has 1 aromatic rings. The van der Waals surface area contributed by atoms with Crippen LogP contribution in [0.5, 0.6) is 0 Å². The summed E-state index contributed by atoms with van der Waals surface area (Å²) in [6.45, 7) is 2.48. The summed E-state index contributed by atoms with van der Waals surface area (Å²) in [7, 11) is -3.33. The largest absolute Gasteiger partial charge is 0.368 e. The molecule has 0 spiro atoms. The van der Waals surface area contributed by atoms with E-state index in [9.17, 15) is 13.2 Å². The van der Waals surface area contributed by atoms with Crippen LogP contribution in [0.1, 0.15) is 12.8 Å². The van der Waals surface area contributed by atoms with E-state index in [-0.39, 0.29) is 24.1 Å². The van der Waals surface area contributed by atoms with Gasteiger partial charge in [-0.3, -0.25) is 4.79 Å². The van der Waals surface area contributed by atoms with E-state index in [2.05, 4.69) is 9.62 Å². The van der Waals surface area contributed by atoms with E-state index in [4.69, 9.17) is 11.6 Å². The van der Waals surface area contributed by atoms with Crippen molar-refractivity contribution in [3.8, 4) is 0 Å². The predicted octanol–water partition coefficient (Wildman–Crippen LogP) is 1.32. The number of benzene rings is 1. The van der Waals surface area contributed by atoms with Gasteiger partial charge in [0.1, 0.15) is 0 Å². The third kappa shape index (κ3) is 4.84. The molecule has 2 fully saturated rings. The first kappa shape index (κ1) is 17.5. The van der Waals surface area contributed by atoms with E-state index in [0.29, 0.717) is 18.1 Å². The summed E-state index contributed by atoms with van der Waals surface area (Å²) >= 11 is 5.89. The molecule has 8 heteroatoms. The zero-order valence-electron chi connectivity index (χ0n) is 13.4. The van der Waals surface area contributed by atoms with Crippen LogP contribution >= 0.6 is 11.6 Å². The molecule has 2 aliphatic rings. The summed E-state index contributed by atoms with van der Waals surface area (Å²) in [5.74, 6) is 0.260. The van der Waals surface area contributed by atoms with E-state index >= 15 is 0 Å². The van der Waals surface area contributed by atoms with Crippen molar-refractivity contribution in [3.63, 3.8) is 0 Å². The Morgan fingerprint density at radius 2 is 1.75 bits per heavy atom. The Morgan fingerprint density at radius 1 is 1.12 bits per heavy atom. The maximum absolute atomic E-state index is 12.2. The maximum atomic E-state index is 12.2. The lowest BCUT2D eigenvalue weighted by molar-refractivity contribution is -0.130. The summed E-state index contributed by atoms with van der Waals surface area (Å²) < 4.78 is 26.1. The Balaban J connectivity index is 1.45. The van der Waals surface area contributed by atoms with Gasteiger partial charge in [0.2, 0.25) is 15.9 Å². The molecule has 1 amide bonds. The van der Waals surface area contributed by atoms with Crippen molar-refractivity contribution in [1.29, 1.82) is 0 Å². The van der Waals surface area contributed by atoms with Gasteiger partial charge in [-0.05, 0) is 43.0 Å². The monoisotopic (exact) mass is 371 g/mol. The number of sulfonamides is 1.